The maximum Gasteiger partial charge on any atom is 0.460 e. The van der Waals surface area contributed by atoms with Gasteiger partial charge in [0, 0.05) is 10.0 Å². The number of hydrogen-bond donors (Lipinski definition) is 0. The largest absolute Gasteiger partial charge is 0.460 e. The van der Waals surface area contributed by atoms with Crippen LogP contribution >= 0.6 is 45.2 Å². The molecule has 0 amide bonds. The monoisotopic (exact) mass is 612 g/mol. The Morgan fingerprint density at radius 1 is 0.625 bits per heavy atom. The lowest BCUT2D eigenvalue weighted by molar-refractivity contribution is -0.439. The number of allylic oxidation sites excluding steroid dienone is 1. The molecule has 0 unspecified atom stereocenters. The van der Waals surface area contributed by atoms with Crippen LogP contribution in [-0.2, 0) is 0 Å². The number of hydrogen-bond acceptors (Lipinski definition) is 0. The molecule has 0 saturated carbocycles. The topological polar surface area (TPSA) is 0 Å². The Labute approximate surface area is 152 Å². The minimum absolute atomic E-state index is 0.656. The van der Waals surface area contributed by atoms with Gasteiger partial charge in [0.1, 0.15) is 0 Å². The first-order chi connectivity index (χ1) is 10.2. The van der Waals surface area contributed by atoms with Crippen LogP contribution in [0.2, 0.25) is 0 Å². The van der Waals surface area contributed by atoms with E-state index < -0.39 is 45.8 Å². The van der Waals surface area contributed by atoms with Crippen molar-refractivity contribution in [2.24, 2.45) is 0 Å². The van der Waals surface area contributed by atoms with E-state index in [9.17, 15) is 57.1 Å². The van der Waals surface area contributed by atoms with Gasteiger partial charge >= 0.3 is 35.8 Å². The fourth-order valence-electron chi connectivity index (χ4n) is 1.16. The molecule has 15 heteroatoms. The fourth-order valence-corrected chi connectivity index (χ4v) is 1.86. The molecule has 0 saturated heterocycles. The van der Waals surface area contributed by atoms with Gasteiger partial charge in [-0.3, -0.25) is 0 Å². The fraction of sp³-hybridized carbons (Fsp3) is 0.778. The molecular weight excluding hydrogens is 609 g/mol. The molecule has 0 nitrogen and oxygen atoms in total. The summed E-state index contributed by atoms with van der Waals surface area (Å²) in [6, 6.07) is 0. The summed E-state index contributed by atoms with van der Waals surface area (Å²) in [7, 11) is 0. The molecule has 0 spiro atoms. The van der Waals surface area contributed by atoms with Gasteiger partial charge < -0.3 is 0 Å². The van der Waals surface area contributed by atoms with Gasteiger partial charge in [-0.1, -0.05) is 22.6 Å². The van der Waals surface area contributed by atoms with Gasteiger partial charge in [-0.2, -0.15) is 57.1 Å². The number of rotatable bonds is 6. The van der Waals surface area contributed by atoms with Crippen molar-refractivity contribution in [1.82, 2.24) is 0 Å². The maximum absolute atomic E-state index is 13.2. The van der Waals surface area contributed by atoms with E-state index in [4.69, 9.17) is 0 Å². The minimum atomic E-state index is -7.84. The molecule has 0 atom stereocenters. The third-order valence-electron chi connectivity index (χ3n) is 2.51. The van der Waals surface area contributed by atoms with Crippen LogP contribution in [0.25, 0.3) is 0 Å². The van der Waals surface area contributed by atoms with Crippen molar-refractivity contribution in [1.29, 1.82) is 0 Å². The third-order valence-corrected chi connectivity index (χ3v) is 5.14. The SMILES string of the molecule is FC(F)(F)C(F)(F)C(F)(F)C(F)(F)C(F)(F)C(F)(F)C/C(I)=C/I. The summed E-state index contributed by atoms with van der Waals surface area (Å²) in [4.78, 5) is 0. The first-order valence-corrected chi connectivity index (χ1v) is 7.43. The van der Waals surface area contributed by atoms with Crippen LogP contribution in [0.3, 0.4) is 0 Å². The van der Waals surface area contributed by atoms with Crippen molar-refractivity contribution in [2.45, 2.75) is 42.2 Å². The van der Waals surface area contributed by atoms with Gasteiger partial charge in [-0.05, 0) is 26.7 Å². The summed E-state index contributed by atoms with van der Waals surface area (Å²) >= 11 is 2.12. The highest BCUT2D eigenvalue weighted by molar-refractivity contribution is 14.1. The van der Waals surface area contributed by atoms with E-state index in [1.807, 2.05) is 0 Å². The smallest absolute Gasteiger partial charge is 0.199 e. The molecule has 0 radical (unpaired) electrons. The molecule has 144 valence electrons. The van der Waals surface area contributed by atoms with Crippen LogP contribution < -0.4 is 0 Å². The lowest BCUT2D eigenvalue weighted by atomic mass is 9.92. The summed E-state index contributed by atoms with van der Waals surface area (Å²) < 4.78 is 165. The molecule has 24 heavy (non-hydrogen) atoms. The zero-order valence-electron chi connectivity index (χ0n) is 10.5. The molecule has 0 bridgehead atoms. The molecule has 0 aliphatic carbocycles. The Morgan fingerprint density at radius 3 is 1.25 bits per heavy atom. The second-order valence-electron chi connectivity index (χ2n) is 4.23. The van der Waals surface area contributed by atoms with Crippen LogP contribution in [0.5, 0.6) is 0 Å². The molecule has 0 aliphatic rings. The number of alkyl halides is 13. The standard InChI is InChI=1S/C9H3F13I2/c10-4(11,1-3(24)2-23)5(12,13)6(14,15)7(16,17)8(18,19)9(20,21)22/h2H,1H2/b3-2-. The van der Waals surface area contributed by atoms with Gasteiger partial charge in [0.25, 0.3) is 0 Å². The molecule has 0 fully saturated rings. The Balaban J connectivity index is 6.20. The summed E-state index contributed by atoms with van der Waals surface area (Å²) in [6.07, 6.45) is -9.67. The van der Waals surface area contributed by atoms with Crippen molar-refractivity contribution in [3.63, 3.8) is 0 Å². The highest BCUT2D eigenvalue weighted by Gasteiger charge is 2.90. The van der Waals surface area contributed by atoms with E-state index in [-0.39, 0.29) is 0 Å². The van der Waals surface area contributed by atoms with Crippen molar-refractivity contribution >= 4 is 45.2 Å². The van der Waals surface area contributed by atoms with E-state index in [1.165, 1.54) is 22.6 Å². The van der Waals surface area contributed by atoms with Crippen molar-refractivity contribution in [2.75, 3.05) is 0 Å². The minimum Gasteiger partial charge on any atom is -0.199 e. The average molecular weight is 612 g/mol. The number of halogens is 15. The first kappa shape index (κ1) is 24.3. The van der Waals surface area contributed by atoms with Gasteiger partial charge in [-0.15, -0.1) is 0 Å². The lowest BCUT2D eigenvalue weighted by Gasteiger charge is -2.39. The predicted octanol–water partition coefficient (Wildman–Crippen LogP) is 6.83. The Hall–Kier alpha value is 0.290. The first-order valence-electron chi connectivity index (χ1n) is 5.11. The zero-order chi connectivity index (χ0) is 20.0. The second-order valence-corrected chi connectivity index (χ2v) is 6.24. The van der Waals surface area contributed by atoms with Crippen molar-refractivity contribution in [3.8, 4) is 0 Å². The van der Waals surface area contributed by atoms with E-state index in [1.54, 1.807) is 0 Å². The third kappa shape index (κ3) is 3.70. The molecule has 0 aromatic rings. The Kier molecular flexibility index (Phi) is 6.87. The quantitative estimate of drug-likeness (QED) is 0.228. The van der Waals surface area contributed by atoms with Crippen LogP contribution in [0.1, 0.15) is 6.42 Å². The van der Waals surface area contributed by atoms with E-state index in [0.717, 1.165) is 22.6 Å². The second kappa shape index (κ2) is 6.79. The summed E-state index contributed by atoms with van der Waals surface area (Å²) in [6.45, 7) is 0. The molecule has 0 heterocycles. The van der Waals surface area contributed by atoms with Crippen LogP contribution in [-0.4, -0.2) is 35.8 Å². The summed E-state index contributed by atoms with van der Waals surface area (Å²) in [5, 5.41) is 0. The Bertz CT molecular complexity index is 490. The van der Waals surface area contributed by atoms with Gasteiger partial charge in [0.2, 0.25) is 0 Å². The normalized spacial score (nSPS) is 16.5. The van der Waals surface area contributed by atoms with Crippen molar-refractivity contribution < 1.29 is 57.1 Å². The predicted molar refractivity (Wildman–Crippen MR) is 71.5 cm³/mol. The Morgan fingerprint density at radius 2 is 0.958 bits per heavy atom. The van der Waals surface area contributed by atoms with Crippen LogP contribution in [0, 0.1) is 0 Å². The molecule has 0 rings (SSSR count). The highest BCUT2D eigenvalue weighted by Crippen LogP contribution is 2.61. The van der Waals surface area contributed by atoms with Crippen molar-refractivity contribution in [3.05, 3.63) is 7.66 Å². The van der Waals surface area contributed by atoms with Crippen LogP contribution in [0.4, 0.5) is 57.1 Å². The highest BCUT2D eigenvalue weighted by atomic mass is 127. The van der Waals surface area contributed by atoms with Gasteiger partial charge in [0.05, 0.1) is 0 Å². The molecular formula is C9H3F13I2. The molecule has 0 aliphatic heterocycles. The van der Waals surface area contributed by atoms with Gasteiger partial charge in [-0.25, -0.2) is 0 Å². The molecule has 0 N–H and O–H groups in total. The summed E-state index contributed by atoms with van der Waals surface area (Å²) in [5.41, 5.74) is 0. The summed E-state index contributed by atoms with van der Waals surface area (Å²) in [5.74, 6) is -36.5. The van der Waals surface area contributed by atoms with Gasteiger partial charge in [0.15, 0.2) is 0 Å². The lowest BCUT2D eigenvalue weighted by Crippen LogP contribution is -2.70. The average Bonchev–Trinajstić information content (AvgIpc) is 2.35. The van der Waals surface area contributed by atoms with E-state index >= 15 is 0 Å². The maximum atomic E-state index is 13.2. The molecule has 0 aromatic heterocycles. The molecule has 0 aromatic carbocycles. The van der Waals surface area contributed by atoms with E-state index in [2.05, 4.69) is 0 Å². The van der Waals surface area contributed by atoms with Crippen LogP contribution in [0.15, 0.2) is 7.66 Å². The van der Waals surface area contributed by atoms with E-state index in [0.29, 0.717) is 4.08 Å². The zero-order valence-corrected chi connectivity index (χ0v) is 14.8.